The van der Waals surface area contributed by atoms with E-state index in [9.17, 15) is 4.79 Å². The number of carbonyl (C=O) groups is 1. The van der Waals surface area contributed by atoms with Crippen molar-refractivity contribution in [3.63, 3.8) is 0 Å². The third-order valence-electron chi connectivity index (χ3n) is 2.90. The van der Waals surface area contributed by atoms with Gasteiger partial charge in [0, 0.05) is 32.0 Å². The Morgan fingerprint density at radius 2 is 1.94 bits per heavy atom. The van der Waals surface area contributed by atoms with Crippen LogP contribution in [-0.2, 0) is 4.79 Å². The topological polar surface area (TPSA) is 51.7 Å². The summed E-state index contributed by atoms with van der Waals surface area (Å²) in [6.45, 7) is 1.49. The van der Waals surface area contributed by atoms with Gasteiger partial charge in [-0.3, -0.25) is 4.79 Å². The summed E-state index contributed by atoms with van der Waals surface area (Å²) in [7, 11) is 3.15. The lowest BCUT2D eigenvalue weighted by atomic mass is 10.1. The number of anilines is 1. The van der Waals surface area contributed by atoms with Crippen LogP contribution < -0.4 is 14.4 Å². The Morgan fingerprint density at radius 3 is 2.53 bits per heavy atom. The molecule has 1 saturated heterocycles. The summed E-state index contributed by atoms with van der Waals surface area (Å²) in [6.07, 6.45) is 2.96. The monoisotopic (exact) mass is 236 g/mol. The van der Waals surface area contributed by atoms with E-state index in [0.717, 1.165) is 18.8 Å². The maximum Gasteiger partial charge on any atom is 0.256 e. The van der Waals surface area contributed by atoms with Crippen LogP contribution in [0.3, 0.4) is 0 Å². The van der Waals surface area contributed by atoms with Crippen molar-refractivity contribution in [3.8, 4) is 11.6 Å². The van der Waals surface area contributed by atoms with E-state index in [0.29, 0.717) is 30.3 Å². The highest BCUT2D eigenvalue weighted by Gasteiger charge is 2.18. The van der Waals surface area contributed by atoms with Crippen LogP contribution in [0.15, 0.2) is 12.3 Å². The second kappa shape index (κ2) is 5.03. The summed E-state index contributed by atoms with van der Waals surface area (Å²) in [5.74, 6) is 1.42. The van der Waals surface area contributed by atoms with Crippen molar-refractivity contribution in [1.29, 1.82) is 0 Å². The minimum atomic E-state index is 0.328. The van der Waals surface area contributed by atoms with E-state index in [1.165, 1.54) is 0 Å². The van der Waals surface area contributed by atoms with Crippen LogP contribution in [0, 0.1) is 0 Å². The first-order valence-corrected chi connectivity index (χ1v) is 5.59. The first-order chi connectivity index (χ1) is 8.24. The highest BCUT2D eigenvalue weighted by atomic mass is 16.5. The van der Waals surface area contributed by atoms with E-state index in [4.69, 9.17) is 9.47 Å². The Kier molecular flexibility index (Phi) is 3.46. The number of aromatic nitrogens is 1. The van der Waals surface area contributed by atoms with Gasteiger partial charge >= 0.3 is 0 Å². The SMILES string of the molecule is COc1cc(N2CCC(=O)CC2)cnc1OC. The second-order valence-corrected chi connectivity index (χ2v) is 3.93. The fourth-order valence-corrected chi connectivity index (χ4v) is 1.91. The number of rotatable bonds is 3. The van der Waals surface area contributed by atoms with Crippen molar-refractivity contribution < 1.29 is 14.3 Å². The number of carbonyl (C=O) groups excluding carboxylic acids is 1. The molecule has 0 saturated carbocycles. The quantitative estimate of drug-likeness (QED) is 0.791. The van der Waals surface area contributed by atoms with Crippen LogP contribution in [0.4, 0.5) is 5.69 Å². The van der Waals surface area contributed by atoms with Gasteiger partial charge in [-0.05, 0) is 0 Å². The van der Waals surface area contributed by atoms with E-state index < -0.39 is 0 Å². The van der Waals surface area contributed by atoms with Gasteiger partial charge < -0.3 is 14.4 Å². The molecule has 5 heteroatoms. The van der Waals surface area contributed by atoms with Gasteiger partial charge in [-0.15, -0.1) is 0 Å². The predicted molar refractivity (Wildman–Crippen MR) is 63.8 cm³/mol. The number of pyridine rings is 1. The molecule has 0 aromatic carbocycles. The number of ether oxygens (including phenoxy) is 2. The third kappa shape index (κ3) is 2.49. The number of Topliss-reactive ketones (excluding diaryl/α,β-unsaturated/α-hetero) is 1. The second-order valence-electron chi connectivity index (χ2n) is 3.93. The van der Waals surface area contributed by atoms with Gasteiger partial charge in [0.25, 0.3) is 5.88 Å². The van der Waals surface area contributed by atoms with Crippen molar-refractivity contribution in [1.82, 2.24) is 4.98 Å². The molecule has 5 nitrogen and oxygen atoms in total. The van der Waals surface area contributed by atoms with Crippen molar-refractivity contribution in [2.75, 3.05) is 32.2 Å². The summed E-state index contributed by atoms with van der Waals surface area (Å²) in [6, 6.07) is 1.89. The summed E-state index contributed by atoms with van der Waals surface area (Å²) >= 11 is 0. The number of hydrogen-bond donors (Lipinski definition) is 0. The number of piperidine rings is 1. The minimum absolute atomic E-state index is 0.328. The molecule has 0 atom stereocenters. The fourth-order valence-electron chi connectivity index (χ4n) is 1.91. The molecule has 1 aromatic heterocycles. The molecule has 0 aliphatic carbocycles. The molecule has 2 rings (SSSR count). The Bertz CT molecular complexity index is 410. The van der Waals surface area contributed by atoms with Crippen molar-refractivity contribution >= 4 is 11.5 Å². The first-order valence-electron chi connectivity index (χ1n) is 5.59. The zero-order valence-corrected chi connectivity index (χ0v) is 10.1. The van der Waals surface area contributed by atoms with Gasteiger partial charge in [-0.25, -0.2) is 4.98 Å². The molecule has 0 spiro atoms. The van der Waals surface area contributed by atoms with Crippen molar-refractivity contribution in [2.24, 2.45) is 0 Å². The van der Waals surface area contributed by atoms with Crippen LogP contribution in [0.1, 0.15) is 12.8 Å². The number of methoxy groups -OCH3 is 2. The average molecular weight is 236 g/mol. The van der Waals surface area contributed by atoms with Crippen LogP contribution in [0.2, 0.25) is 0 Å². The molecule has 1 aromatic rings. The third-order valence-corrected chi connectivity index (χ3v) is 2.90. The van der Waals surface area contributed by atoms with E-state index in [1.54, 1.807) is 20.4 Å². The standard InChI is InChI=1S/C12H16N2O3/c1-16-11-7-9(8-13-12(11)17-2)14-5-3-10(15)4-6-14/h7-8H,3-6H2,1-2H3. The molecule has 0 N–H and O–H groups in total. The van der Waals surface area contributed by atoms with Crippen LogP contribution in [0.5, 0.6) is 11.6 Å². The Hall–Kier alpha value is -1.78. The smallest absolute Gasteiger partial charge is 0.256 e. The van der Waals surface area contributed by atoms with Crippen LogP contribution >= 0.6 is 0 Å². The molecule has 0 unspecified atom stereocenters. The van der Waals surface area contributed by atoms with Gasteiger partial charge in [0.05, 0.1) is 26.1 Å². The van der Waals surface area contributed by atoms with Crippen molar-refractivity contribution in [3.05, 3.63) is 12.3 Å². The maximum absolute atomic E-state index is 11.2. The lowest BCUT2D eigenvalue weighted by molar-refractivity contribution is -0.119. The number of ketones is 1. The zero-order chi connectivity index (χ0) is 12.3. The maximum atomic E-state index is 11.2. The molecule has 17 heavy (non-hydrogen) atoms. The van der Waals surface area contributed by atoms with Crippen LogP contribution in [-0.4, -0.2) is 38.1 Å². The molecule has 0 amide bonds. The van der Waals surface area contributed by atoms with E-state index in [2.05, 4.69) is 9.88 Å². The molecule has 1 aliphatic rings. The average Bonchev–Trinajstić information content (AvgIpc) is 2.39. The van der Waals surface area contributed by atoms with Gasteiger partial charge in [-0.1, -0.05) is 0 Å². The molecular formula is C12H16N2O3. The van der Waals surface area contributed by atoms with E-state index in [1.807, 2.05) is 6.07 Å². The lowest BCUT2D eigenvalue weighted by Crippen LogP contribution is -2.33. The molecule has 92 valence electrons. The Labute approximate surface area is 100 Å². The van der Waals surface area contributed by atoms with Crippen LogP contribution in [0.25, 0.3) is 0 Å². The summed E-state index contributed by atoms with van der Waals surface area (Å²) < 4.78 is 10.3. The Balaban J connectivity index is 2.18. The van der Waals surface area contributed by atoms with Crippen molar-refractivity contribution in [2.45, 2.75) is 12.8 Å². The number of nitrogens with zero attached hydrogens (tertiary/aromatic N) is 2. The predicted octanol–water partition coefficient (Wildman–Crippen LogP) is 1.27. The van der Waals surface area contributed by atoms with Gasteiger partial charge in [0.15, 0.2) is 5.75 Å². The normalized spacial score (nSPS) is 15.9. The summed E-state index contributed by atoms with van der Waals surface area (Å²) in [4.78, 5) is 17.5. The molecule has 0 radical (unpaired) electrons. The zero-order valence-electron chi connectivity index (χ0n) is 10.1. The minimum Gasteiger partial charge on any atom is -0.491 e. The largest absolute Gasteiger partial charge is 0.491 e. The summed E-state index contributed by atoms with van der Waals surface area (Å²) in [5.41, 5.74) is 0.968. The van der Waals surface area contributed by atoms with Gasteiger partial charge in [-0.2, -0.15) is 0 Å². The summed E-state index contributed by atoms with van der Waals surface area (Å²) in [5, 5.41) is 0. The highest BCUT2D eigenvalue weighted by molar-refractivity contribution is 5.81. The highest BCUT2D eigenvalue weighted by Crippen LogP contribution is 2.29. The van der Waals surface area contributed by atoms with Gasteiger partial charge in [0.1, 0.15) is 5.78 Å². The van der Waals surface area contributed by atoms with Gasteiger partial charge in [0.2, 0.25) is 0 Å². The molecule has 2 heterocycles. The Morgan fingerprint density at radius 1 is 1.24 bits per heavy atom. The van der Waals surface area contributed by atoms with E-state index in [-0.39, 0.29) is 0 Å². The molecular weight excluding hydrogens is 220 g/mol. The first kappa shape index (κ1) is 11.7. The van der Waals surface area contributed by atoms with E-state index >= 15 is 0 Å². The fraction of sp³-hybridized carbons (Fsp3) is 0.500. The lowest BCUT2D eigenvalue weighted by Gasteiger charge is -2.28. The molecule has 1 aliphatic heterocycles. The molecule has 1 fully saturated rings. The number of hydrogen-bond acceptors (Lipinski definition) is 5. The molecule has 0 bridgehead atoms.